The Morgan fingerprint density at radius 3 is 2.54 bits per heavy atom. The second-order valence-electron chi connectivity index (χ2n) is 8.16. The molecule has 0 aromatic heterocycles. The summed E-state index contributed by atoms with van der Waals surface area (Å²) >= 11 is 6.00. The van der Waals surface area contributed by atoms with E-state index in [0.29, 0.717) is 30.3 Å². The Kier molecular flexibility index (Phi) is 5.18. The predicted molar refractivity (Wildman–Crippen MR) is 102 cm³/mol. The largest absolute Gasteiger partial charge is 0.372 e. The molecule has 2 saturated heterocycles. The van der Waals surface area contributed by atoms with Crippen LogP contribution in [-0.2, 0) is 9.53 Å². The average Bonchev–Trinajstić information content (AvgIpc) is 2.61. The third-order valence-electron chi connectivity index (χ3n) is 5.52. The van der Waals surface area contributed by atoms with Gasteiger partial charge < -0.3 is 14.5 Å². The van der Waals surface area contributed by atoms with Gasteiger partial charge in [-0.15, -0.1) is 0 Å². The van der Waals surface area contributed by atoms with E-state index < -0.39 is 0 Å². The van der Waals surface area contributed by atoms with Crippen LogP contribution in [0.4, 0.5) is 5.69 Å². The average molecular weight is 376 g/mol. The van der Waals surface area contributed by atoms with E-state index >= 15 is 0 Å². The molecule has 2 heterocycles. The number of nitrogens with zero attached hydrogens (tertiary/aromatic N) is 3. The van der Waals surface area contributed by atoms with Gasteiger partial charge in [-0.25, -0.2) is 0 Å². The predicted octanol–water partition coefficient (Wildman–Crippen LogP) is 3.46. The molecule has 0 radical (unpaired) electrons. The minimum absolute atomic E-state index is 0.227. The second-order valence-corrected chi connectivity index (χ2v) is 8.59. The number of carbonyl (C=O) groups excluding carboxylic acids is 1. The van der Waals surface area contributed by atoms with Crippen LogP contribution in [-0.4, -0.2) is 49.2 Å². The molecule has 1 aromatic rings. The van der Waals surface area contributed by atoms with Gasteiger partial charge in [-0.2, -0.15) is 5.26 Å². The molecular weight excluding hydrogens is 350 g/mol. The molecule has 6 heteroatoms. The van der Waals surface area contributed by atoms with Crippen LogP contribution >= 0.6 is 11.6 Å². The van der Waals surface area contributed by atoms with E-state index in [4.69, 9.17) is 16.3 Å². The standard InChI is InChI=1S/C20H26ClN3O2/c1-19(2)14-24(10-11-26-19)18(25)20(3)6-8-23(9-7-20)17-5-4-16(21)12-15(17)13-22/h4-5,12H,6-11,14H2,1-3H3. The molecule has 1 amide bonds. The normalized spacial score (nSPS) is 22.0. The molecule has 2 aliphatic heterocycles. The molecule has 140 valence electrons. The first kappa shape index (κ1) is 19.0. The van der Waals surface area contributed by atoms with Gasteiger partial charge in [0.1, 0.15) is 6.07 Å². The maximum absolute atomic E-state index is 13.2. The highest BCUT2D eigenvalue weighted by atomic mass is 35.5. The molecule has 5 nitrogen and oxygen atoms in total. The molecule has 0 unspecified atom stereocenters. The van der Waals surface area contributed by atoms with E-state index in [-0.39, 0.29) is 16.9 Å². The zero-order chi connectivity index (χ0) is 18.9. The molecule has 0 bridgehead atoms. The number of morpholine rings is 1. The Bertz CT molecular complexity index is 733. The molecule has 2 fully saturated rings. The summed E-state index contributed by atoms with van der Waals surface area (Å²) in [5.41, 5.74) is 0.848. The number of nitriles is 1. The van der Waals surface area contributed by atoms with Crippen molar-refractivity contribution < 1.29 is 9.53 Å². The lowest BCUT2D eigenvalue weighted by Crippen LogP contribution is -2.56. The molecule has 0 atom stereocenters. The molecule has 0 N–H and O–H groups in total. The lowest BCUT2D eigenvalue weighted by Gasteiger charge is -2.45. The number of halogens is 1. The first-order valence-electron chi connectivity index (χ1n) is 9.12. The van der Waals surface area contributed by atoms with Crippen LogP contribution in [0.1, 0.15) is 39.2 Å². The molecule has 1 aromatic carbocycles. The van der Waals surface area contributed by atoms with Gasteiger partial charge in [0, 0.05) is 36.6 Å². The fourth-order valence-corrected chi connectivity index (χ4v) is 4.07. The Hall–Kier alpha value is -1.77. The van der Waals surface area contributed by atoms with Crippen LogP contribution in [0.3, 0.4) is 0 Å². The van der Waals surface area contributed by atoms with Crippen molar-refractivity contribution >= 4 is 23.2 Å². The van der Waals surface area contributed by atoms with Gasteiger partial charge in [-0.05, 0) is 44.9 Å². The van der Waals surface area contributed by atoms with Crippen LogP contribution in [0, 0.1) is 16.7 Å². The van der Waals surface area contributed by atoms with Gasteiger partial charge in [0.15, 0.2) is 0 Å². The van der Waals surface area contributed by atoms with Crippen molar-refractivity contribution in [3.8, 4) is 6.07 Å². The molecule has 0 aliphatic carbocycles. The van der Waals surface area contributed by atoms with E-state index in [1.54, 1.807) is 6.07 Å². The minimum atomic E-state index is -0.358. The van der Waals surface area contributed by atoms with Crippen LogP contribution in [0.5, 0.6) is 0 Å². The van der Waals surface area contributed by atoms with Crippen molar-refractivity contribution in [2.75, 3.05) is 37.7 Å². The van der Waals surface area contributed by atoms with Gasteiger partial charge in [-0.1, -0.05) is 18.5 Å². The monoisotopic (exact) mass is 375 g/mol. The van der Waals surface area contributed by atoms with Crippen molar-refractivity contribution in [2.45, 2.75) is 39.2 Å². The highest BCUT2D eigenvalue weighted by Gasteiger charge is 2.42. The van der Waals surface area contributed by atoms with Crippen molar-refractivity contribution in [3.63, 3.8) is 0 Å². The van der Waals surface area contributed by atoms with Crippen LogP contribution in [0.25, 0.3) is 0 Å². The zero-order valence-electron chi connectivity index (χ0n) is 15.7. The summed E-state index contributed by atoms with van der Waals surface area (Å²) < 4.78 is 5.73. The number of ether oxygens (including phenoxy) is 1. The first-order chi connectivity index (χ1) is 12.2. The van der Waals surface area contributed by atoms with Crippen molar-refractivity contribution in [1.82, 2.24) is 4.90 Å². The summed E-state index contributed by atoms with van der Waals surface area (Å²) in [4.78, 5) is 17.3. The van der Waals surface area contributed by atoms with E-state index in [1.807, 2.05) is 30.9 Å². The lowest BCUT2D eigenvalue weighted by molar-refractivity contribution is -0.156. The summed E-state index contributed by atoms with van der Waals surface area (Å²) in [6.07, 6.45) is 1.55. The number of rotatable bonds is 2. The Labute approximate surface area is 160 Å². The van der Waals surface area contributed by atoms with Gasteiger partial charge in [-0.3, -0.25) is 4.79 Å². The maximum atomic E-state index is 13.2. The number of anilines is 1. The van der Waals surface area contributed by atoms with Crippen LogP contribution < -0.4 is 4.90 Å². The third-order valence-corrected chi connectivity index (χ3v) is 5.75. The number of carbonyl (C=O) groups is 1. The smallest absolute Gasteiger partial charge is 0.228 e. The number of benzene rings is 1. The highest BCUT2D eigenvalue weighted by molar-refractivity contribution is 6.30. The third kappa shape index (κ3) is 3.82. The van der Waals surface area contributed by atoms with E-state index in [1.165, 1.54) is 0 Å². The zero-order valence-corrected chi connectivity index (χ0v) is 16.5. The quantitative estimate of drug-likeness (QED) is 0.794. The SMILES string of the molecule is CC1(C)CN(C(=O)C2(C)CCN(c3ccc(Cl)cc3C#N)CC2)CCO1. The number of piperidine rings is 1. The second kappa shape index (κ2) is 7.09. The van der Waals surface area contributed by atoms with Gasteiger partial charge in [0.2, 0.25) is 5.91 Å². The lowest BCUT2D eigenvalue weighted by atomic mass is 9.78. The Balaban J connectivity index is 1.69. The maximum Gasteiger partial charge on any atom is 0.228 e. The molecule has 2 aliphatic rings. The topological polar surface area (TPSA) is 56.6 Å². The van der Waals surface area contributed by atoms with Crippen molar-refractivity contribution in [2.24, 2.45) is 5.41 Å². The van der Waals surface area contributed by atoms with Gasteiger partial charge in [0.25, 0.3) is 0 Å². The highest BCUT2D eigenvalue weighted by Crippen LogP contribution is 2.37. The molecule has 0 saturated carbocycles. The minimum Gasteiger partial charge on any atom is -0.372 e. The number of hydrogen-bond donors (Lipinski definition) is 0. The van der Waals surface area contributed by atoms with E-state index in [0.717, 1.165) is 31.6 Å². The molecule has 26 heavy (non-hydrogen) atoms. The van der Waals surface area contributed by atoms with Gasteiger partial charge in [0.05, 0.1) is 23.5 Å². The molecule has 3 rings (SSSR count). The van der Waals surface area contributed by atoms with E-state index in [2.05, 4.69) is 17.9 Å². The summed E-state index contributed by atoms with van der Waals surface area (Å²) in [6.45, 7) is 9.54. The summed E-state index contributed by atoms with van der Waals surface area (Å²) in [5, 5.41) is 9.94. The summed E-state index contributed by atoms with van der Waals surface area (Å²) in [5.74, 6) is 0.227. The van der Waals surface area contributed by atoms with Crippen molar-refractivity contribution in [1.29, 1.82) is 5.26 Å². The molecule has 0 spiro atoms. The first-order valence-corrected chi connectivity index (χ1v) is 9.50. The Morgan fingerprint density at radius 2 is 1.92 bits per heavy atom. The fourth-order valence-electron chi connectivity index (χ4n) is 3.90. The number of hydrogen-bond acceptors (Lipinski definition) is 4. The fraction of sp³-hybridized carbons (Fsp3) is 0.600. The van der Waals surface area contributed by atoms with Gasteiger partial charge >= 0.3 is 0 Å². The van der Waals surface area contributed by atoms with Crippen LogP contribution in [0.2, 0.25) is 5.02 Å². The summed E-state index contributed by atoms with van der Waals surface area (Å²) in [7, 11) is 0. The van der Waals surface area contributed by atoms with Crippen LogP contribution in [0.15, 0.2) is 18.2 Å². The summed E-state index contributed by atoms with van der Waals surface area (Å²) in [6, 6.07) is 7.63. The van der Waals surface area contributed by atoms with E-state index in [9.17, 15) is 10.1 Å². The van der Waals surface area contributed by atoms with Crippen molar-refractivity contribution in [3.05, 3.63) is 28.8 Å². The Morgan fingerprint density at radius 1 is 1.23 bits per heavy atom. The molecular formula is C20H26ClN3O2. The number of amides is 1.